The van der Waals surface area contributed by atoms with Crippen LogP contribution in [0.25, 0.3) is 0 Å². The zero-order valence-corrected chi connectivity index (χ0v) is 12.6. The molecule has 0 spiro atoms. The fourth-order valence-corrected chi connectivity index (χ4v) is 2.66. The number of rotatable bonds is 7. The molecule has 0 radical (unpaired) electrons. The first-order chi connectivity index (χ1) is 10.3. The lowest BCUT2D eigenvalue weighted by Crippen LogP contribution is -2.27. The Morgan fingerprint density at radius 3 is 2.43 bits per heavy atom. The van der Waals surface area contributed by atoms with E-state index in [0.717, 1.165) is 18.2 Å². The third kappa shape index (κ3) is 4.08. The van der Waals surface area contributed by atoms with Gasteiger partial charge >= 0.3 is 0 Å². The first-order valence-corrected chi connectivity index (χ1v) is 7.81. The molecule has 3 rings (SSSR count). The molecule has 2 nitrogen and oxygen atoms in total. The number of para-hydroxylation sites is 1. The summed E-state index contributed by atoms with van der Waals surface area (Å²) in [6, 6.07) is 19.4. The minimum absolute atomic E-state index is 0.477. The van der Waals surface area contributed by atoms with E-state index in [1.165, 1.54) is 24.0 Å². The molecule has 0 saturated heterocycles. The number of hydrogen-bond acceptors (Lipinski definition) is 2. The van der Waals surface area contributed by atoms with Crippen LogP contribution < -0.4 is 10.1 Å². The van der Waals surface area contributed by atoms with Gasteiger partial charge in [0, 0.05) is 12.6 Å². The van der Waals surface area contributed by atoms with Crippen molar-refractivity contribution in [2.24, 2.45) is 5.92 Å². The van der Waals surface area contributed by atoms with Crippen LogP contribution in [0.3, 0.4) is 0 Å². The fraction of sp³-hybridized carbons (Fsp3) is 0.368. The number of ether oxygens (including phenoxy) is 1. The van der Waals surface area contributed by atoms with Gasteiger partial charge in [0.1, 0.15) is 12.4 Å². The van der Waals surface area contributed by atoms with Crippen molar-refractivity contribution in [1.82, 2.24) is 5.32 Å². The van der Waals surface area contributed by atoms with Crippen molar-refractivity contribution in [3.05, 3.63) is 65.7 Å². The lowest BCUT2D eigenvalue weighted by Gasteiger charge is -2.19. The molecule has 2 aromatic rings. The van der Waals surface area contributed by atoms with Crippen LogP contribution in [0.15, 0.2) is 54.6 Å². The maximum Gasteiger partial charge on any atom is 0.119 e. The van der Waals surface area contributed by atoms with Gasteiger partial charge in [-0.15, -0.1) is 0 Å². The highest BCUT2D eigenvalue weighted by Gasteiger charge is 2.31. The molecule has 0 aromatic heterocycles. The Hall–Kier alpha value is -1.80. The van der Waals surface area contributed by atoms with Crippen molar-refractivity contribution in [2.45, 2.75) is 25.8 Å². The number of hydrogen-bond donors (Lipinski definition) is 1. The highest BCUT2D eigenvalue weighted by Crippen LogP contribution is 2.40. The number of benzene rings is 2. The lowest BCUT2D eigenvalue weighted by atomic mass is 10.0. The van der Waals surface area contributed by atoms with E-state index in [4.69, 9.17) is 4.74 Å². The Balaban J connectivity index is 1.51. The molecule has 1 fully saturated rings. The second kappa shape index (κ2) is 6.77. The van der Waals surface area contributed by atoms with Crippen molar-refractivity contribution in [3.8, 4) is 5.75 Å². The van der Waals surface area contributed by atoms with Crippen LogP contribution in [0.4, 0.5) is 0 Å². The molecule has 2 heteroatoms. The third-order valence-electron chi connectivity index (χ3n) is 4.01. The van der Waals surface area contributed by atoms with Crippen molar-refractivity contribution < 1.29 is 4.74 Å². The van der Waals surface area contributed by atoms with E-state index in [1.54, 1.807) is 0 Å². The summed E-state index contributed by atoms with van der Waals surface area (Å²) in [6.45, 7) is 3.72. The van der Waals surface area contributed by atoms with E-state index >= 15 is 0 Å². The standard InChI is InChI=1S/C19H23NO/c1-15-7-9-16(10-8-15)19(17-11-12-17)20-13-14-21-18-5-3-2-4-6-18/h2-10,17,19-20H,11-14H2,1H3. The summed E-state index contributed by atoms with van der Waals surface area (Å²) in [4.78, 5) is 0. The molecule has 110 valence electrons. The molecule has 1 N–H and O–H groups in total. The topological polar surface area (TPSA) is 21.3 Å². The molecular formula is C19H23NO. The van der Waals surface area contributed by atoms with Crippen LogP contribution in [-0.2, 0) is 0 Å². The van der Waals surface area contributed by atoms with Gasteiger partial charge in [-0.25, -0.2) is 0 Å². The molecule has 0 bridgehead atoms. The molecule has 1 atom stereocenters. The summed E-state index contributed by atoms with van der Waals surface area (Å²) in [5.41, 5.74) is 2.73. The first kappa shape index (κ1) is 14.2. The maximum atomic E-state index is 5.75. The average molecular weight is 281 g/mol. The Kier molecular flexibility index (Phi) is 4.56. The van der Waals surface area contributed by atoms with Gasteiger partial charge in [0.05, 0.1) is 0 Å². The summed E-state index contributed by atoms with van der Waals surface area (Å²) in [5.74, 6) is 1.74. The van der Waals surface area contributed by atoms with Gasteiger partial charge in [0.25, 0.3) is 0 Å². The van der Waals surface area contributed by atoms with Gasteiger partial charge < -0.3 is 10.1 Å². The smallest absolute Gasteiger partial charge is 0.119 e. The molecule has 1 aliphatic carbocycles. The Bertz CT molecular complexity index is 546. The molecule has 0 heterocycles. The lowest BCUT2D eigenvalue weighted by molar-refractivity contribution is 0.301. The van der Waals surface area contributed by atoms with Crippen LogP contribution >= 0.6 is 0 Å². The zero-order valence-electron chi connectivity index (χ0n) is 12.6. The highest BCUT2D eigenvalue weighted by atomic mass is 16.5. The molecule has 1 unspecified atom stereocenters. The zero-order chi connectivity index (χ0) is 14.5. The molecule has 21 heavy (non-hydrogen) atoms. The second-order valence-electron chi connectivity index (χ2n) is 5.84. The summed E-state index contributed by atoms with van der Waals surface area (Å²) >= 11 is 0. The van der Waals surface area contributed by atoms with Gasteiger partial charge in [-0.3, -0.25) is 0 Å². The average Bonchev–Trinajstić information content (AvgIpc) is 3.34. The van der Waals surface area contributed by atoms with Gasteiger partial charge in [-0.1, -0.05) is 48.0 Å². The fourth-order valence-electron chi connectivity index (χ4n) is 2.66. The monoisotopic (exact) mass is 281 g/mol. The van der Waals surface area contributed by atoms with E-state index < -0.39 is 0 Å². The molecule has 1 saturated carbocycles. The summed E-state index contributed by atoms with van der Waals surface area (Å²) in [7, 11) is 0. The molecule has 1 aliphatic rings. The quantitative estimate of drug-likeness (QED) is 0.771. The third-order valence-corrected chi connectivity index (χ3v) is 4.01. The number of nitrogens with one attached hydrogen (secondary N) is 1. The van der Waals surface area contributed by atoms with E-state index in [0.29, 0.717) is 12.6 Å². The Labute approximate surface area is 127 Å². The van der Waals surface area contributed by atoms with E-state index in [1.807, 2.05) is 30.3 Å². The maximum absolute atomic E-state index is 5.75. The minimum atomic E-state index is 0.477. The van der Waals surface area contributed by atoms with Crippen LogP contribution in [0.5, 0.6) is 5.75 Å². The summed E-state index contributed by atoms with van der Waals surface area (Å²) in [6.07, 6.45) is 2.68. The first-order valence-electron chi connectivity index (χ1n) is 7.81. The van der Waals surface area contributed by atoms with E-state index in [9.17, 15) is 0 Å². The van der Waals surface area contributed by atoms with Crippen molar-refractivity contribution in [1.29, 1.82) is 0 Å². The molecule has 0 amide bonds. The Morgan fingerprint density at radius 2 is 1.76 bits per heavy atom. The van der Waals surface area contributed by atoms with Gasteiger partial charge in [-0.05, 0) is 43.4 Å². The molecule has 2 aromatic carbocycles. The minimum Gasteiger partial charge on any atom is -0.492 e. The van der Waals surface area contributed by atoms with Gasteiger partial charge in [0.2, 0.25) is 0 Å². The van der Waals surface area contributed by atoms with Gasteiger partial charge in [0.15, 0.2) is 0 Å². The van der Waals surface area contributed by atoms with Crippen LogP contribution in [0.1, 0.15) is 30.0 Å². The van der Waals surface area contributed by atoms with E-state index in [2.05, 4.69) is 36.5 Å². The molecule has 0 aliphatic heterocycles. The SMILES string of the molecule is Cc1ccc(C(NCCOc2ccccc2)C2CC2)cc1. The van der Waals surface area contributed by atoms with Crippen molar-refractivity contribution >= 4 is 0 Å². The second-order valence-corrected chi connectivity index (χ2v) is 5.84. The Morgan fingerprint density at radius 1 is 1.05 bits per heavy atom. The van der Waals surface area contributed by atoms with Crippen LogP contribution in [-0.4, -0.2) is 13.2 Å². The number of aryl methyl sites for hydroxylation is 1. The molecular weight excluding hydrogens is 258 g/mol. The van der Waals surface area contributed by atoms with Gasteiger partial charge in [-0.2, -0.15) is 0 Å². The van der Waals surface area contributed by atoms with Crippen LogP contribution in [0, 0.1) is 12.8 Å². The summed E-state index contributed by atoms with van der Waals surface area (Å²) < 4.78 is 5.75. The predicted octanol–water partition coefficient (Wildman–Crippen LogP) is 4.11. The highest BCUT2D eigenvalue weighted by molar-refractivity contribution is 5.25. The largest absolute Gasteiger partial charge is 0.492 e. The predicted molar refractivity (Wildman–Crippen MR) is 86.6 cm³/mol. The van der Waals surface area contributed by atoms with Crippen molar-refractivity contribution in [2.75, 3.05) is 13.2 Å². The van der Waals surface area contributed by atoms with Crippen LogP contribution in [0.2, 0.25) is 0 Å². The van der Waals surface area contributed by atoms with Crippen molar-refractivity contribution in [3.63, 3.8) is 0 Å². The normalized spacial score (nSPS) is 15.7. The summed E-state index contributed by atoms with van der Waals surface area (Å²) in [5, 5.41) is 3.66. The van der Waals surface area contributed by atoms with E-state index in [-0.39, 0.29) is 0 Å².